The van der Waals surface area contributed by atoms with Crippen LogP contribution in [0.25, 0.3) is 0 Å². The fourth-order valence-electron chi connectivity index (χ4n) is 2.67. The average Bonchev–Trinajstić information content (AvgIpc) is 2.65. The number of amides is 2. The number of nitrogens with zero attached hydrogens (tertiary/aromatic N) is 1. The summed E-state index contributed by atoms with van der Waals surface area (Å²) >= 11 is 0. The Balaban J connectivity index is 2.35. The Hall–Kier alpha value is -2.83. The second-order valence-electron chi connectivity index (χ2n) is 6.04. The molecule has 1 heterocycles. The predicted molar refractivity (Wildman–Crippen MR) is 95.4 cm³/mol. The van der Waals surface area contributed by atoms with Gasteiger partial charge in [-0.3, -0.25) is 0 Å². The van der Waals surface area contributed by atoms with Crippen LogP contribution in [0.5, 0.6) is 0 Å². The molecule has 0 spiro atoms. The van der Waals surface area contributed by atoms with Gasteiger partial charge >= 0.3 is 18.0 Å². The van der Waals surface area contributed by atoms with Crippen LogP contribution >= 0.6 is 0 Å². The second kappa shape index (κ2) is 8.51. The van der Waals surface area contributed by atoms with Gasteiger partial charge in [0.1, 0.15) is 0 Å². The van der Waals surface area contributed by atoms with E-state index in [1.165, 1.54) is 12.0 Å². The number of esters is 2. The molecule has 2 rings (SSSR count). The summed E-state index contributed by atoms with van der Waals surface area (Å²) in [6, 6.07) is 5.63. The highest BCUT2D eigenvalue weighted by Crippen LogP contribution is 2.30. The molecule has 0 saturated heterocycles. The third kappa shape index (κ3) is 4.04. The number of allylic oxidation sites excluding steroid dienone is 1. The first-order valence-corrected chi connectivity index (χ1v) is 8.51. The molecule has 140 valence electrons. The molecule has 0 bridgehead atoms. The second-order valence-corrected chi connectivity index (χ2v) is 6.04. The molecule has 0 unspecified atom stereocenters. The molecule has 2 amide bonds. The number of hydrogen-bond acceptors (Lipinski definition) is 5. The van der Waals surface area contributed by atoms with E-state index in [0.29, 0.717) is 29.0 Å². The van der Waals surface area contributed by atoms with Crippen molar-refractivity contribution in [3.63, 3.8) is 0 Å². The number of urea groups is 1. The summed E-state index contributed by atoms with van der Waals surface area (Å²) in [7, 11) is 2.91. The van der Waals surface area contributed by atoms with Crippen molar-refractivity contribution in [2.75, 3.05) is 20.8 Å². The molecule has 0 radical (unpaired) electrons. The zero-order valence-corrected chi connectivity index (χ0v) is 15.5. The summed E-state index contributed by atoms with van der Waals surface area (Å²) in [5.41, 5.74) is 2.00. The van der Waals surface area contributed by atoms with Crippen molar-refractivity contribution >= 4 is 18.0 Å². The van der Waals surface area contributed by atoms with Gasteiger partial charge in [-0.15, -0.1) is 0 Å². The van der Waals surface area contributed by atoms with E-state index >= 15 is 0 Å². The fraction of sp³-hybridized carbons (Fsp3) is 0.421. The average molecular weight is 360 g/mol. The van der Waals surface area contributed by atoms with Crippen molar-refractivity contribution < 1.29 is 23.9 Å². The highest BCUT2D eigenvalue weighted by atomic mass is 16.5. The zero-order chi connectivity index (χ0) is 19.3. The highest BCUT2D eigenvalue weighted by Gasteiger charge is 2.35. The number of unbranched alkanes of at least 4 members (excludes halogenated alkanes) is 1. The van der Waals surface area contributed by atoms with Gasteiger partial charge in [0.25, 0.3) is 0 Å². The van der Waals surface area contributed by atoms with E-state index in [-0.39, 0.29) is 6.03 Å². The zero-order valence-electron chi connectivity index (χ0n) is 15.5. The number of rotatable bonds is 6. The first-order chi connectivity index (χ1) is 12.4. The predicted octanol–water partition coefficient (Wildman–Crippen LogP) is 2.79. The molecular formula is C19H24N2O5. The molecule has 0 fully saturated rings. The van der Waals surface area contributed by atoms with Crippen LogP contribution in [0.1, 0.15) is 48.7 Å². The molecule has 7 nitrogen and oxygen atoms in total. The summed E-state index contributed by atoms with van der Waals surface area (Å²) in [6.07, 6.45) is 1.69. The maximum atomic E-state index is 12.6. The Morgan fingerprint density at radius 1 is 1.19 bits per heavy atom. The Bertz CT molecular complexity index is 724. The maximum Gasteiger partial charge on any atom is 0.338 e. The Kier molecular flexibility index (Phi) is 6.38. The number of hydrogen-bond donors (Lipinski definition) is 1. The lowest BCUT2D eigenvalue weighted by molar-refractivity contribution is -0.139. The quantitative estimate of drug-likeness (QED) is 0.623. The van der Waals surface area contributed by atoms with Gasteiger partial charge < -0.3 is 19.7 Å². The number of carbonyl (C=O) groups excluding carboxylic acids is 3. The van der Waals surface area contributed by atoms with Crippen LogP contribution in [0.3, 0.4) is 0 Å². The van der Waals surface area contributed by atoms with Gasteiger partial charge in [0, 0.05) is 12.7 Å². The van der Waals surface area contributed by atoms with Gasteiger partial charge in [0.05, 0.1) is 30.9 Å². The SMILES string of the molecule is CCCCOC(=O)C1=C(C)N(C)C(=O)N[C@@H]1c1ccc(C(=O)OC)cc1. The standard InChI is InChI=1S/C19H24N2O5/c1-5-6-11-26-18(23)15-12(2)21(3)19(24)20-16(15)13-7-9-14(10-8-13)17(22)25-4/h7-10,16H,5-6,11H2,1-4H3,(H,20,24)/t16-/m1/s1. The molecule has 0 aromatic heterocycles. The van der Waals surface area contributed by atoms with E-state index in [2.05, 4.69) is 10.1 Å². The minimum Gasteiger partial charge on any atom is -0.465 e. The molecule has 1 aromatic carbocycles. The molecule has 0 saturated carbocycles. The number of ether oxygens (including phenoxy) is 2. The van der Waals surface area contributed by atoms with Crippen LogP contribution in [0.2, 0.25) is 0 Å². The van der Waals surface area contributed by atoms with Crippen LogP contribution in [0, 0.1) is 0 Å². The molecule has 1 aromatic rings. The van der Waals surface area contributed by atoms with Crippen molar-refractivity contribution in [3.8, 4) is 0 Å². The van der Waals surface area contributed by atoms with Gasteiger partial charge in [-0.05, 0) is 31.0 Å². The molecule has 26 heavy (non-hydrogen) atoms. The third-order valence-corrected chi connectivity index (χ3v) is 4.37. The lowest BCUT2D eigenvalue weighted by Crippen LogP contribution is -2.46. The van der Waals surface area contributed by atoms with E-state index in [0.717, 1.165) is 12.8 Å². The van der Waals surface area contributed by atoms with Gasteiger partial charge in [-0.25, -0.2) is 14.4 Å². The van der Waals surface area contributed by atoms with Crippen molar-refractivity contribution in [1.29, 1.82) is 0 Å². The normalized spacial score (nSPS) is 17.0. The summed E-state index contributed by atoms with van der Waals surface area (Å²) in [4.78, 5) is 37.8. The minimum atomic E-state index is -0.639. The molecule has 7 heteroatoms. The van der Waals surface area contributed by atoms with E-state index < -0.39 is 18.0 Å². The molecular weight excluding hydrogens is 336 g/mol. The van der Waals surface area contributed by atoms with Crippen molar-refractivity contribution in [3.05, 3.63) is 46.7 Å². The monoisotopic (exact) mass is 360 g/mol. The molecule has 1 atom stereocenters. The van der Waals surface area contributed by atoms with Crippen LogP contribution < -0.4 is 5.32 Å². The summed E-state index contributed by atoms with van der Waals surface area (Å²) in [5, 5.41) is 2.81. The number of methoxy groups -OCH3 is 1. The Labute approximate surface area is 153 Å². The van der Waals surface area contributed by atoms with Crippen LogP contribution in [0.4, 0.5) is 4.79 Å². The van der Waals surface area contributed by atoms with Crippen molar-refractivity contribution in [1.82, 2.24) is 10.2 Å². The summed E-state index contributed by atoms with van der Waals surface area (Å²) in [5.74, 6) is -0.903. The van der Waals surface area contributed by atoms with Crippen LogP contribution in [-0.4, -0.2) is 43.6 Å². The molecule has 1 aliphatic heterocycles. The Morgan fingerprint density at radius 3 is 2.42 bits per heavy atom. The fourth-order valence-corrected chi connectivity index (χ4v) is 2.67. The van der Waals surface area contributed by atoms with Gasteiger partial charge in [0.2, 0.25) is 0 Å². The van der Waals surface area contributed by atoms with Crippen LogP contribution in [0.15, 0.2) is 35.5 Å². The van der Waals surface area contributed by atoms with E-state index in [9.17, 15) is 14.4 Å². The van der Waals surface area contributed by atoms with E-state index in [1.807, 2.05) is 6.92 Å². The van der Waals surface area contributed by atoms with Gasteiger partial charge in [-0.1, -0.05) is 25.5 Å². The third-order valence-electron chi connectivity index (χ3n) is 4.37. The van der Waals surface area contributed by atoms with Gasteiger partial charge in [0.15, 0.2) is 0 Å². The Morgan fingerprint density at radius 2 is 1.85 bits per heavy atom. The first kappa shape index (κ1) is 19.5. The summed E-state index contributed by atoms with van der Waals surface area (Å²) in [6.45, 7) is 4.06. The topological polar surface area (TPSA) is 84.9 Å². The largest absolute Gasteiger partial charge is 0.465 e. The number of carbonyl (C=O) groups is 3. The van der Waals surface area contributed by atoms with Gasteiger partial charge in [-0.2, -0.15) is 0 Å². The minimum absolute atomic E-state index is 0.311. The maximum absolute atomic E-state index is 12.6. The van der Waals surface area contributed by atoms with E-state index in [4.69, 9.17) is 4.74 Å². The smallest absolute Gasteiger partial charge is 0.338 e. The molecule has 1 aliphatic rings. The first-order valence-electron chi connectivity index (χ1n) is 8.51. The van der Waals surface area contributed by atoms with Crippen LogP contribution in [-0.2, 0) is 14.3 Å². The van der Waals surface area contributed by atoms with E-state index in [1.54, 1.807) is 38.2 Å². The summed E-state index contributed by atoms with van der Waals surface area (Å²) < 4.78 is 10.0. The van der Waals surface area contributed by atoms with Crippen molar-refractivity contribution in [2.24, 2.45) is 0 Å². The molecule has 1 N–H and O–H groups in total. The number of benzene rings is 1. The molecule has 0 aliphatic carbocycles. The number of nitrogens with one attached hydrogen (secondary N) is 1. The lowest BCUT2D eigenvalue weighted by Gasteiger charge is -2.33. The highest BCUT2D eigenvalue weighted by molar-refractivity contribution is 5.95. The lowest BCUT2D eigenvalue weighted by atomic mass is 9.94. The van der Waals surface area contributed by atoms with Crippen molar-refractivity contribution in [2.45, 2.75) is 32.7 Å².